The molecular formula is C21H23NO2S2. The Labute approximate surface area is 163 Å². The zero-order valence-corrected chi connectivity index (χ0v) is 16.7. The summed E-state index contributed by atoms with van der Waals surface area (Å²) in [4.78, 5) is 19.4. The molecule has 26 heavy (non-hydrogen) atoms. The minimum Gasteiger partial charge on any atom is -0.465 e. The second-order valence-electron chi connectivity index (χ2n) is 6.06. The number of ether oxygens (including phenoxy) is 1. The van der Waals surface area contributed by atoms with Gasteiger partial charge in [0.25, 0.3) is 0 Å². The molecule has 0 radical (unpaired) electrons. The maximum absolute atomic E-state index is 12.4. The molecule has 5 heteroatoms. The molecule has 3 nitrogen and oxygen atoms in total. The molecule has 0 saturated carbocycles. The lowest BCUT2D eigenvalue weighted by molar-refractivity contribution is -0.149. The van der Waals surface area contributed by atoms with Crippen LogP contribution in [0, 0.1) is 0 Å². The predicted octanol–water partition coefficient (Wildman–Crippen LogP) is 5.05. The minimum atomic E-state index is -0.221. The van der Waals surface area contributed by atoms with E-state index in [1.807, 2.05) is 38.2 Å². The van der Waals surface area contributed by atoms with Gasteiger partial charge < -0.3 is 4.74 Å². The number of carbonyl (C=O) groups excluding carboxylic acids is 1. The number of hydrogen-bond donors (Lipinski definition) is 0. The summed E-state index contributed by atoms with van der Waals surface area (Å²) in [5, 5.41) is 0. The number of thioether (sulfide) groups is 2. The number of nitrogens with zero attached hydrogens (tertiary/aromatic N) is 1. The molecule has 0 aromatic heterocycles. The summed E-state index contributed by atoms with van der Waals surface area (Å²) in [7, 11) is 2.00. The zero-order chi connectivity index (χ0) is 18.4. The summed E-state index contributed by atoms with van der Waals surface area (Å²) in [6, 6.07) is 20.5. The van der Waals surface area contributed by atoms with Crippen LogP contribution in [0.3, 0.4) is 0 Å². The first-order chi connectivity index (χ1) is 12.7. The maximum Gasteiger partial charge on any atom is 0.323 e. The smallest absolute Gasteiger partial charge is 0.323 e. The molecule has 1 unspecified atom stereocenters. The van der Waals surface area contributed by atoms with E-state index in [9.17, 15) is 4.79 Å². The van der Waals surface area contributed by atoms with Crippen molar-refractivity contribution in [2.45, 2.75) is 29.2 Å². The Morgan fingerprint density at radius 2 is 1.54 bits per heavy atom. The summed E-state index contributed by atoms with van der Waals surface area (Å²) in [6.07, 6.45) is 0.685. The zero-order valence-electron chi connectivity index (χ0n) is 15.1. The van der Waals surface area contributed by atoms with E-state index in [2.05, 4.69) is 41.3 Å². The van der Waals surface area contributed by atoms with Crippen LogP contribution in [-0.2, 0) is 9.53 Å². The normalized spacial score (nSPS) is 18.0. The van der Waals surface area contributed by atoms with Gasteiger partial charge in [-0.2, -0.15) is 0 Å². The Kier molecular flexibility index (Phi) is 6.83. The van der Waals surface area contributed by atoms with Crippen molar-refractivity contribution < 1.29 is 9.53 Å². The molecule has 1 heterocycles. The van der Waals surface area contributed by atoms with E-state index in [-0.39, 0.29) is 12.0 Å². The van der Waals surface area contributed by atoms with Crippen LogP contribution in [0.15, 0.2) is 80.3 Å². The van der Waals surface area contributed by atoms with Gasteiger partial charge in [-0.25, -0.2) is 0 Å². The third-order valence-corrected chi connectivity index (χ3v) is 6.57. The molecule has 1 atom stereocenters. The maximum atomic E-state index is 12.4. The standard InChI is InChI=1S/C21H23NO2S2/c1-3-24-21(23)18-14-19(25-16-10-6-4-7-11-16)20(15-22(18)2)26-17-12-8-5-9-13-17/h4-13,18H,3,14-15H2,1-2H3. The van der Waals surface area contributed by atoms with Gasteiger partial charge in [-0.1, -0.05) is 59.9 Å². The molecule has 2 aromatic carbocycles. The van der Waals surface area contributed by atoms with Crippen molar-refractivity contribution in [2.75, 3.05) is 20.2 Å². The van der Waals surface area contributed by atoms with Gasteiger partial charge in [-0.15, -0.1) is 0 Å². The second kappa shape index (κ2) is 9.31. The van der Waals surface area contributed by atoms with Crippen LogP contribution in [0.2, 0.25) is 0 Å². The van der Waals surface area contributed by atoms with Crippen molar-refractivity contribution in [2.24, 2.45) is 0 Å². The molecule has 0 amide bonds. The lowest BCUT2D eigenvalue weighted by Gasteiger charge is -2.33. The first-order valence-corrected chi connectivity index (χ1v) is 10.4. The fourth-order valence-corrected chi connectivity index (χ4v) is 5.11. The van der Waals surface area contributed by atoms with Crippen molar-refractivity contribution in [3.63, 3.8) is 0 Å². The van der Waals surface area contributed by atoms with Crippen LogP contribution < -0.4 is 0 Å². The van der Waals surface area contributed by atoms with Gasteiger partial charge in [0.2, 0.25) is 0 Å². The summed E-state index contributed by atoms with van der Waals surface area (Å²) < 4.78 is 5.28. The fraction of sp³-hybridized carbons (Fsp3) is 0.286. The van der Waals surface area contributed by atoms with E-state index in [1.54, 1.807) is 23.5 Å². The minimum absolute atomic E-state index is 0.134. The van der Waals surface area contributed by atoms with E-state index < -0.39 is 0 Å². The van der Waals surface area contributed by atoms with Crippen LogP contribution in [0.25, 0.3) is 0 Å². The molecule has 0 spiro atoms. The van der Waals surface area contributed by atoms with Crippen LogP contribution in [0.5, 0.6) is 0 Å². The Morgan fingerprint density at radius 1 is 1.00 bits per heavy atom. The lowest BCUT2D eigenvalue weighted by atomic mass is 10.1. The number of hydrogen-bond acceptors (Lipinski definition) is 5. The molecule has 1 aliphatic rings. The van der Waals surface area contributed by atoms with Gasteiger partial charge >= 0.3 is 5.97 Å². The van der Waals surface area contributed by atoms with Crippen molar-refractivity contribution >= 4 is 29.5 Å². The van der Waals surface area contributed by atoms with Crippen LogP contribution >= 0.6 is 23.5 Å². The second-order valence-corrected chi connectivity index (χ2v) is 8.40. The molecule has 0 fully saturated rings. The molecule has 1 aliphatic heterocycles. The quantitative estimate of drug-likeness (QED) is 0.649. The number of carbonyl (C=O) groups is 1. The molecule has 0 aliphatic carbocycles. The van der Waals surface area contributed by atoms with E-state index in [0.717, 1.165) is 6.54 Å². The molecule has 2 aromatic rings. The van der Waals surface area contributed by atoms with E-state index >= 15 is 0 Å². The molecular weight excluding hydrogens is 362 g/mol. The summed E-state index contributed by atoms with van der Waals surface area (Å²) in [5.74, 6) is -0.134. The summed E-state index contributed by atoms with van der Waals surface area (Å²) >= 11 is 3.55. The highest BCUT2D eigenvalue weighted by Gasteiger charge is 2.32. The van der Waals surface area contributed by atoms with Crippen LogP contribution in [-0.4, -0.2) is 37.1 Å². The third kappa shape index (κ3) is 4.93. The van der Waals surface area contributed by atoms with Gasteiger partial charge in [0.05, 0.1) is 6.61 Å². The Morgan fingerprint density at radius 3 is 2.08 bits per heavy atom. The number of esters is 1. The number of benzene rings is 2. The average Bonchev–Trinajstić information content (AvgIpc) is 2.65. The monoisotopic (exact) mass is 385 g/mol. The van der Waals surface area contributed by atoms with Gasteiger partial charge in [0, 0.05) is 32.6 Å². The van der Waals surface area contributed by atoms with Crippen molar-refractivity contribution in [1.29, 1.82) is 0 Å². The van der Waals surface area contributed by atoms with Gasteiger partial charge in [-0.05, 0) is 38.2 Å². The van der Waals surface area contributed by atoms with Crippen molar-refractivity contribution in [3.05, 3.63) is 70.5 Å². The summed E-state index contributed by atoms with van der Waals surface area (Å²) in [5.41, 5.74) is 0. The largest absolute Gasteiger partial charge is 0.465 e. The predicted molar refractivity (Wildman–Crippen MR) is 109 cm³/mol. The molecule has 0 bridgehead atoms. The third-order valence-electron chi connectivity index (χ3n) is 4.14. The molecule has 0 saturated heterocycles. The first-order valence-electron chi connectivity index (χ1n) is 8.72. The van der Waals surface area contributed by atoms with Gasteiger partial charge in [0.1, 0.15) is 6.04 Å². The molecule has 136 valence electrons. The van der Waals surface area contributed by atoms with E-state index in [0.29, 0.717) is 13.0 Å². The SMILES string of the molecule is CCOC(=O)C1CC(Sc2ccccc2)=C(Sc2ccccc2)CN1C. The average molecular weight is 386 g/mol. The molecule has 0 N–H and O–H groups in total. The number of rotatable bonds is 6. The Balaban J connectivity index is 1.88. The van der Waals surface area contributed by atoms with Crippen LogP contribution in [0.1, 0.15) is 13.3 Å². The van der Waals surface area contributed by atoms with Crippen molar-refractivity contribution in [1.82, 2.24) is 4.90 Å². The molecule has 3 rings (SSSR count). The fourth-order valence-electron chi connectivity index (χ4n) is 2.82. The highest BCUT2D eigenvalue weighted by Crippen LogP contribution is 2.42. The number of likely N-dealkylation sites (N-methyl/N-ethyl adjacent to an activating group) is 1. The van der Waals surface area contributed by atoms with Crippen molar-refractivity contribution in [3.8, 4) is 0 Å². The van der Waals surface area contributed by atoms with E-state index in [4.69, 9.17) is 4.74 Å². The first kappa shape index (κ1) is 19.1. The lowest BCUT2D eigenvalue weighted by Crippen LogP contribution is -2.43. The highest BCUT2D eigenvalue weighted by molar-refractivity contribution is 8.06. The Bertz CT molecular complexity index is 762. The van der Waals surface area contributed by atoms with Gasteiger partial charge in [0.15, 0.2) is 0 Å². The highest BCUT2D eigenvalue weighted by atomic mass is 32.2. The topological polar surface area (TPSA) is 29.5 Å². The van der Waals surface area contributed by atoms with Crippen LogP contribution in [0.4, 0.5) is 0 Å². The van der Waals surface area contributed by atoms with Gasteiger partial charge in [-0.3, -0.25) is 9.69 Å². The summed E-state index contributed by atoms with van der Waals surface area (Å²) in [6.45, 7) is 3.02. The Hall–Kier alpha value is -1.69. The van der Waals surface area contributed by atoms with E-state index in [1.165, 1.54) is 19.6 Å².